The molecule has 0 spiro atoms. The Morgan fingerprint density at radius 1 is 1.29 bits per heavy atom. The summed E-state index contributed by atoms with van der Waals surface area (Å²) in [6, 6.07) is 8.15. The van der Waals surface area contributed by atoms with Crippen LogP contribution in [0.2, 0.25) is 0 Å². The molecule has 0 aliphatic heterocycles. The number of ether oxygens (including phenoxy) is 1. The van der Waals surface area contributed by atoms with Gasteiger partial charge in [-0.25, -0.2) is 0 Å². The second-order valence-corrected chi connectivity index (χ2v) is 3.28. The molecule has 0 saturated carbocycles. The highest BCUT2D eigenvalue weighted by Crippen LogP contribution is 2.13. The van der Waals surface area contributed by atoms with E-state index in [1.807, 2.05) is 12.1 Å². The predicted molar refractivity (Wildman–Crippen MR) is 57.6 cm³/mol. The van der Waals surface area contributed by atoms with Gasteiger partial charge in [0.2, 0.25) is 0 Å². The first-order valence-electron chi connectivity index (χ1n) is 5.19. The molecule has 78 valence electrons. The number of hydrogen-bond donors (Lipinski definition) is 1. The van der Waals surface area contributed by atoms with Crippen molar-refractivity contribution in [1.29, 1.82) is 0 Å². The van der Waals surface area contributed by atoms with Crippen molar-refractivity contribution in [3.63, 3.8) is 0 Å². The number of aliphatic hydroxyl groups excluding tert-OH is 1. The molecule has 0 unspecified atom stereocenters. The van der Waals surface area contributed by atoms with Gasteiger partial charge < -0.3 is 9.84 Å². The molecule has 0 aliphatic rings. The average Bonchev–Trinajstić information content (AvgIpc) is 2.25. The van der Waals surface area contributed by atoms with Crippen molar-refractivity contribution in [3.05, 3.63) is 29.8 Å². The lowest BCUT2D eigenvalue weighted by molar-refractivity contribution is 0.253. The number of rotatable bonds is 6. The van der Waals surface area contributed by atoms with E-state index < -0.39 is 0 Å². The van der Waals surface area contributed by atoms with Crippen LogP contribution in [-0.2, 0) is 6.42 Å². The Morgan fingerprint density at radius 2 is 2.14 bits per heavy atom. The minimum absolute atomic E-state index is 0.248. The first-order valence-corrected chi connectivity index (χ1v) is 5.19. The first-order chi connectivity index (χ1) is 6.86. The van der Waals surface area contributed by atoms with E-state index >= 15 is 0 Å². The maximum absolute atomic E-state index is 8.59. The summed E-state index contributed by atoms with van der Waals surface area (Å²) in [5.41, 5.74) is 1.30. The van der Waals surface area contributed by atoms with Gasteiger partial charge in [-0.15, -0.1) is 0 Å². The molecule has 1 aromatic rings. The second kappa shape index (κ2) is 6.44. The van der Waals surface area contributed by atoms with Gasteiger partial charge in [-0.05, 0) is 37.0 Å². The molecule has 0 radical (unpaired) electrons. The molecule has 0 amide bonds. The molecule has 0 bridgehead atoms. The van der Waals surface area contributed by atoms with Gasteiger partial charge in [0.15, 0.2) is 0 Å². The monoisotopic (exact) mass is 194 g/mol. The van der Waals surface area contributed by atoms with Crippen LogP contribution in [-0.4, -0.2) is 18.3 Å². The highest BCUT2D eigenvalue weighted by molar-refractivity contribution is 5.28. The lowest BCUT2D eigenvalue weighted by Crippen LogP contribution is -1.98. The van der Waals surface area contributed by atoms with Crippen LogP contribution in [0.1, 0.15) is 25.3 Å². The summed E-state index contributed by atoms with van der Waals surface area (Å²) in [4.78, 5) is 0. The Hall–Kier alpha value is -1.02. The highest BCUT2D eigenvalue weighted by Gasteiger charge is 1.94. The van der Waals surface area contributed by atoms with Crippen molar-refractivity contribution in [2.24, 2.45) is 0 Å². The first kappa shape index (κ1) is 11.1. The minimum atomic E-state index is 0.248. The third-order valence-corrected chi connectivity index (χ3v) is 2.13. The Morgan fingerprint density at radius 3 is 2.86 bits per heavy atom. The van der Waals surface area contributed by atoms with Gasteiger partial charge in [-0.1, -0.05) is 19.1 Å². The van der Waals surface area contributed by atoms with E-state index in [0.717, 1.165) is 25.0 Å². The van der Waals surface area contributed by atoms with Crippen molar-refractivity contribution in [3.8, 4) is 5.75 Å². The Bertz CT molecular complexity index is 258. The average molecular weight is 194 g/mol. The molecular formula is C12H18O2. The molecule has 0 aromatic heterocycles. The zero-order valence-electron chi connectivity index (χ0n) is 8.70. The van der Waals surface area contributed by atoms with Crippen molar-refractivity contribution >= 4 is 0 Å². The lowest BCUT2D eigenvalue weighted by atomic mass is 10.2. The molecule has 0 heterocycles. The SMILES string of the molecule is CCc1cccc(OCCCCO)c1. The van der Waals surface area contributed by atoms with Crippen LogP contribution in [0.5, 0.6) is 5.75 Å². The highest BCUT2D eigenvalue weighted by atomic mass is 16.5. The molecule has 0 fully saturated rings. The Kier molecular flexibility index (Phi) is 5.08. The zero-order valence-corrected chi connectivity index (χ0v) is 8.70. The van der Waals surface area contributed by atoms with E-state index in [1.54, 1.807) is 0 Å². The van der Waals surface area contributed by atoms with Gasteiger partial charge in [-0.3, -0.25) is 0 Å². The second-order valence-electron chi connectivity index (χ2n) is 3.28. The minimum Gasteiger partial charge on any atom is -0.494 e. The van der Waals surface area contributed by atoms with E-state index in [0.29, 0.717) is 6.61 Å². The molecular weight excluding hydrogens is 176 g/mol. The van der Waals surface area contributed by atoms with E-state index in [4.69, 9.17) is 9.84 Å². The summed E-state index contributed by atoms with van der Waals surface area (Å²) in [5, 5.41) is 8.59. The van der Waals surface area contributed by atoms with E-state index in [-0.39, 0.29) is 6.61 Å². The summed E-state index contributed by atoms with van der Waals surface area (Å²) < 4.78 is 5.54. The third-order valence-electron chi connectivity index (χ3n) is 2.13. The van der Waals surface area contributed by atoms with Crippen molar-refractivity contribution in [2.45, 2.75) is 26.2 Å². The standard InChI is InChI=1S/C12H18O2/c1-2-11-6-5-7-12(10-11)14-9-4-3-8-13/h5-7,10,13H,2-4,8-9H2,1H3. The number of unbranched alkanes of at least 4 members (excludes halogenated alkanes) is 1. The van der Waals surface area contributed by atoms with Gasteiger partial charge in [0, 0.05) is 6.61 Å². The molecule has 2 nitrogen and oxygen atoms in total. The van der Waals surface area contributed by atoms with Gasteiger partial charge in [0.25, 0.3) is 0 Å². The maximum Gasteiger partial charge on any atom is 0.119 e. The van der Waals surface area contributed by atoms with Crippen LogP contribution in [0.25, 0.3) is 0 Å². The van der Waals surface area contributed by atoms with Gasteiger partial charge in [-0.2, -0.15) is 0 Å². The smallest absolute Gasteiger partial charge is 0.119 e. The largest absolute Gasteiger partial charge is 0.494 e. The van der Waals surface area contributed by atoms with E-state index in [2.05, 4.69) is 19.1 Å². The molecule has 0 saturated heterocycles. The van der Waals surface area contributed by atoms with Crippen LogP contribution >= 0.6 is 0 Å². The number of aliphatic hydroxyl groups is 1. The van der Waals surface area contributed by atoms with Crippen LogP contribution in [0.3, 0.4) is 0 Å². The number of benzene rings is 1. The Labute approximate surface area is 85.5 Å². The summed E-state index contributed by atoms with van der Waals surface area (Å²) in [6.07, 6.45) is 2.76. The lowest BCUT2D eigenvalue weighted by Gasteiger charge is -2.06. The quantitative estimate of drug-likeness (QED) is 0.705. The van der Waals surface area contributed by atoms with E-state index in [1.165, 1.54) is 5.56 Å². The molecule has 1 rings (SSSR count). The maximum atomic E-state index is 8.59. The number of hydrogen-bond acceptors (Lipinski definition) is 2. The topological polar surface area (TPSA) is 29.5 Å². The van der Waals surface area contributed by atoms with E-state index in [9.17, 15) is 0 Å². The van der Waals surface area contributed by atoms with Crippen molar-refractivity contribution in [1.82, 2.24) is 0 Å². The molecule has 0 aliphatic carbocycles. The third kappa shape index (κ3) is 3.79. The van der Waals surface area contributed by atoms with Crippen LogP contribution in [0.15, 0.2) is 24.3 Å². The van der Waals surface area contributed by atoms with Crippen LogP contribution < -0.4 is 4.74 Å². The molecule has 14 heavy (non-hydrogen) atoms. The fourth-order valence-corrected chi connectivity index (χ4v) is 1.26. The fraction of sp³-hybridized carbons (Fsp3) is 0.500. The molecule has 1 aromatic carbocycles. The van der Waals surface area contributed by atoms with Gasteiger partial charge in [0.05, 0.1) is 6.61 Å². The van der Waals surface area contributed by atoms with Gasteiger partial charge >= 0.3 is 0 Å². The molecule has 0 atom stereocenters. The predicted octanol–water partition coefficient (Wildman–Crippen LogP) is 2.40. The van der Waals surface area contributed by atoms with Crippen molar-refractivity contribution < 1.29 is 9.84 Å². The summed E-state index contributed by atoms with van der Waals surface area (Å²) in [7, 11) is 0. The summed E-state index contributed by atoms with van der Waals surface area (Å²) in [6.45, 7) is 3.07. The number of aryl methyl sites for hydroxylation is 1. The van der Waals surface area contributed by atoms with Gasteiger partial charge in [0.1, 0.15) is 5.75 Å². The summed E-state index contributed by atoms with van der Waals surface area (Å²) >= 11 is 0. The Balaban J connectivity index is 2.34. The van der Waals surface area contributed by atoms with Crippen molar-refractivity contribution in [2.75, 3.05) is 13.2 Å². The molecule has 2 heteroatoms. The normalized spacial score (nSPS) is 10.1. The summed E-state index contributed by atoms with van der Waals surface area (Å²) in [5.74, 6) is 0.933. The van der Waals surface area contributed by atoms with Crippen LogP contribution in [0, 0.1) is 0 Å². The fourth-order valence-electron chi connectivity index (χ4n) is 1.26. The zero-order chi connectivity index (χ0) is 10.2. The molecule has 1 N–H and O–H groups in total. The van der Waals surface area contributed by atoms with Crippen LogP contribution in [0.4, 0.5) is 0 Å².